The number of carbonyl (C=O) groups is 3. The number of amides is 1. The van der Waals surface area contributed by atoms with E-state index in [1.807, 2.05) is 49.4 Å². The Morgan fingerprint density at radius 3 is 2.38 bits per heavy atom. The highest BCUT2D eigenvalue weighted by Gasteiger charge is 2.16. The number of benzene rings is 2. The van der Waals surface area contributed by atoms with Crippen LogP contribution in [0.15, 0.2) is 54.2 Å². The van der Waals surface area contributed by atoms with Gasteiger partial charge < -0.3 is 14.2 Å². The van der Waals surface area contributed by atoms with E-state index in [0.29, 0.717) is 11.1 Å². The Hall–Kier alpha value is -3.61. The van der Waals surface area contributed by atoms with Crippen molar-refractivity contribution in [1.29, 1.82) is 0 Å². The number of rotatable bonds is 7. The number of alkyl carbamates (subject to hydrolysis) is 1. The molecule has 0 spiro atoms. The van der Waals surface area contributed by atoms with Crippen LogP contribution in [0.4, 0.5) is 4.79 Å². The second-order valence-corrected chi connectivity index (χ2v) is 6.22. The van der Waals surface area contributed by atoms with E-state index in [1.165, 1.54) is 20.1 Å². The van der Waals surface area contributed by atoms with E-state index in [0.717, 1.165) is 11.1 Å². The maximum absolute atomic E-state index is 12.1. The first-order valence-electron chi connectivity index (χ1n) is 8.89. The van der Waals surface area contributed by atoms with Gasteiger partial charge in [-0.2, -0.15) is 0 Å². The third-order valence-electron chi connectivity index (χ3n) is 3.88. The second-order valence-electron chi connectivity index (χ2n) is 6.22. The molecule has 152 valence electrons. The molecule has 1 amide bonds. The summed E-state index contributed by atoms with van der Waals surface area (Å²) in [5.41, 5.74) is 2.95. The minimum Gasteiger partial charge on any atom is -0.464 e. The van der Waals surface area contributed by atoms with Gasteiger partial charge in [0.1, 0.15) is 18.9 Å². The summed E-state index contributed by atoms with van der Waals surface area (Å²) in [4.78, 5) is 35.4. The first-order chi connectivity index (χ1) is 13.9. The molecule has 0 atom stereocenters. The highest BCUT2D eigenvalue weighted by molar-refractivity contribution is 5.96. The van der Waals surface area contributed by atoms with Crippen molar-refractivity contribution in [2.45, 2.75) is 27.1 Å². The van der Waals surface area contributed by atoms with Gasteiger partial charge >= 0.3 is 18.0 Å². The lowest BCUT2D eigenvalue weighted by Gasteiger charge is -2.12. The second kappa shape index (κ2) is 10.7. The molecule has 0 aliphatic heterocycles. The lowest BCUT2D eigenvalue weighted by Crippen LogP contribution is -2.28. The van der Waals surface area contributed by atoms with Crippen molar-refractivity contribution < 1.29 is 28.6 Å². The number of esters is 2. The van der Waals surface area contributed by atoms with E-state index in [4.69, 9.17) is 14.2 Å². The van der Waals surface area contributed by atoms with Crippen molar-refractivity contribution >= 4 is 24.1 Å². The number of carbonyl (C=O) groups excluding carboxylic acids is 3. The average Bonchev–Trinajstić information content (AvgIpc) is 2.71. The van der Waals surface area contributed by atoms with Gasteiger partial charge in [0.15, 0.2) is 0 Å². The van der Waals surface area contributed by atoms with E-state index in [9.17, 15) is 14.4 Å². The maximum atomic E-state index is 12.1. The fourth-order valence-electron chi connectivity index (χ4n) is 2.46. The fourth-order valence-corrected chi connectivity index (χ4v) is 2.46. The topological polar surface area (TPSA) is 90.9 Å². The zero-order chi connectivity index (χ0) is 21.2. The van der Waals surface area contributed by atoms with Gasteiger partial charge in [-0.05, 0) is 29.7 Å². The molecule has 2 aromatic carbocycles. The summed E-state index contributed by atoms with van der Waals surface area (Å²) < 4.78 is 15.0. The van der Waals surface area contributed by atoms with Crippen molar-refractivity contribution in [2.24, 2.45) is 0 Å². The minimum atomic E-state index is -0.792. The number of nitrogens with one attached hydrogen (secondary N) is 1. The molecule has 1 N–H and O–H groups in total. The highest BCUT2D eigenvalue weighted by atomic mass is 16.6. The molecule has 7 heteroatoms. The Morgan fingerprint density at radius 2 is 1.72 bits per heavy atom. The Balaban J connectivity index is 2.18. The van der Waals surface area contributed by atoms with Crippen molar-refractivity contribution in [1.82, 2.24) is 5.32 Å². The van der Waals surface area contributed by atoms with Crippen LogP contribution in [0.5, 0.6) is 0 Å². The summed E-state index contributed by atoms with van der Waals surface area (Å²) >= 11 is 0. The van der Waals surface area contributed by atoms with E-state index < -0.39 is 18.0 Å². The highest BCUT2D eigenvalue weighted by Crippen LogP contribution is 2.17. The fraction of sp³-hybridized carbons (Fsp3) is 0.227. The molecule has 0 fully saturated rings. The lowest BCUT2D eigenvalue weighted by atomic mass is 10.0. The molecule has 0 aromatic heterocycles. The number of methoxy groups -OCH3 is 1. The van der Waals surface area contributed by atoms with Gasteiger partial charge in [-0.15, -0.1) is 0 Å². The van der Waals surface area contributed by atoms with Crippen LogP contribution in [0.2, 0.25) is 0 Å². The Morgan fingerprint density at radius 1 is 1.00 bits per heavy atom. The average molecular weight is 397 g/mol. The first kappa shape index (κ1) is 21.7. The summed E-state index contributed by atoms with van der Waals surface area (Å²) in [6.07, 6.45) is 0.660. The van der Waals surface area contributed by atoms with Gasteiger partial charge in [0, 0.05) is 6.92 Å². The monoisotopic (exact) mass is 397 g/mol. The quantitative estimate of drug-likeness (QED) is 0.437. The zero-order valence-electron chi connectivity index (χ0n) is 16.6. The largest absolute Gasteiger partial charge is 0.464 e. The minimum absolute atomic E-state index is 0.0375. The van der Waals surface area contributed by atoms with Crippen molar-refractivity contribution in [3.05, 3.63) is 76.5 Å². The molecular formula is C22H23NO6. The predicted molar refractivity (Wildman–Crippen MR) is 106 cm³/mol. The summed E-state index contributed by atoms with van der Waals surface area (Å²) in [7, 11) is 1.21. The molecule has 0 saturated heterocycles. The van der Waals surface area contributed by atoms with E-state index in [2.05, 4.69) is 5.32 Å². The molecule has 0 aliphatic rings. The Kier molecular flexibility index (Phi) is 7.97. The van der Waals surface area contributed by atoms with Crippen LogP contribution in [0.3, 0.4) is 0 Å². The third kappa shape index (κ3) is 7.14. The molecule has 2 aromatic rings. The molecule has 29 heavy (non-hydrogen) atoms. The summed E-state index contributed by atoms with van der Waals surface area (Å²) in [6.45, 7) is 3.31. The van der Waals surface area contributed by atoms with Crippen molar-refractivity contribution in [2.75, 3.05) is 7.11 Å². The van der Waals surface area contributed by atoms with Crippen LogP contribution >= 0.6 is 0 Å². The molecule has 0 aliphatic carbocycles. The van der Waals surface area contributed by atoms with E-state index in [1.54, 1.807) is 6.07 Å². The molecule has 0 bridgehead atoms. The molecule has 0 unspecified atom stereocenters. The predicted octanol–water partition coefficient (Wildman–Crippen LogP) is 3.50. The van der Waals surface area contributed by atoms with Crippen molar-refractivity contribution in [3.8, 4) is 0 Å². The van der Waals surface area contributed by atoms with Gasteiger partial charge in [-0.25, -0.2) is 9.59 Å². The molecule has 0 radical (unpaired) electrons. The van der Waals surface area contributed by atoms with Gasteiger partial charge in [-0.3, -0.25) is 10.1 Å². The molecule has 7 nitrogen and oxygen atoms in total. The summed E-state index contributed by atoms with van der Waals surface area (Å²) in [5.74, 6) is -1.15. The van der Waals surface area contributed by atoms with Gasteiger partial charge in [-0.1, -0.05) is 54.1 Å². The number of hydrogen-bond donors (Lipinski definition) is 1. The summed E-state index contributed by atoms with van der Waals surface area (Å²) in [6, 6.07) is 14.6. The normalized spacial score (nSPS) is 10.8. The Bertz CT molecular complexity index is 905. The van der Waals surface area contributed by atoms with Crippen LogP contribution in [-0.2, 0) is 37.0 Å². The van der Waals surface area contributed by atoms with Crippen molar-refractivity contribution in [3.63, 3.8) is 0 Å². The molecule has 0 saturated carbocycles. The molecule has 0 heterocycles. The first-order valence-corrected chi connectivity index (χ1v) is 8.89. The third-order valence-corrected chi connectivity index (χ3v) is 3.88. The summed E-state index contributed by atoms with van der Waals surface area (Å²) in [5, 5.41) is 2.41. The van der Waals surface area contributed by atoms with Gasteiger partial charge in [0.2, 0.25) is 0 Å². The lowest BCUT2D eigenvalue weighted by molar-refractivity contribution is -0.142. The standard InChI is InChI=1S/C22H23NO6/c1-15-9-10-18(19(11-15)14-28-16(2)24)12-20(21(25)27-3)23-22(26)29-13-17-7-5-4-6-8-17/h4-12H,13-14H2,1-3H3,(H,23,26)/b20-12+. The van der Waals surface area contributed by atoms with E-state index in [-0.39, 0.29) is 18.9 Å². The van der Waals surface area contributed by atoms with E-state index >= 15 is 0 Å². The maximum Gasteiger partial charge on any atom is 0.412 e. The molecule has 2 rings (SSSR count). The van der Waals surface area contributed by atoms with Crippen LogP contribution in [-0.4, -0.2) is 25.1 Å². The molecular weight excluding hydrogens is 374 g/mol. The number of hydrogen-bond acceptors (Lipinski definition) is 6. The Labute approximate surface area is 169 Å². The smallest absolute Gasteiger partial charge is 0.412 e. The van der Waals surface area contributed by atoms with Crippen LogP contribution in [0.1, 0.15) is 29.2 Å². The van der Waals surface area contributed by atoms with Crippen LogP contribution < -0.4 is 5.32 Å². The SMILES string of the molecule is COC(=O)/C(=C\c1ccc(C)cc1COC(C)=O)NC(=O)OCc1ccccc1. The van der Waals surface area contributed by atoms with Gasteiger partial charge in [0.25, 0.3) is 0 Å². The van der Waals surface area contributed by atoms with Gasteiger partial charge in [0.05, 0.1) is 7.11 Å². The van der Waals surface area contributed by atoms with Crippen LogP contribution in [0.25, 0.3) is 6.08 Å². The van der Waals surface area contributed by atoms with Crippen LogP contribution in [0, 0.1) is 6.92 Å². The number of aryl methyl sites for hydroxylation is 1. The zero-order valence-corrected chi connectivity index (χ0v) is 16.6. The number of ether oxygens (including phenoxy) is 3.